The van der Waals surface area contributed by atoms with Crippen LogP contribution in [-0.2, 0) is 16.1 Å². The van der Waals surface area contributed by atoms with Gasteiger partial charge in [0.2, 0.25) is 11.8 Å². The monoisotopic (exact) mass is 439 g/mol. The second-order valence-corrected chi connectivity index (χ2v) is 10.5. The molecule has 2 fully saturated rings. The first-order chi connectivity index (χ1) is 15.5. The van der Waals surface area contributed by atoms with Crippen LogP contribution in [0.25, 0.3) is 0 Å². The van der Waals surface area contributed by atoms with E-state index in [2.05, 4.69) is 35.8 Å². The third-order valence-electron chi connectivity index (χ3n) is 7.58. The third kappa shape index (κ3) is 5.36. The van der Waals surface area contributed by atoms with E-state index < -0.39 is 0 Å². The number of carbonyl (C=O) groups excluding carboxylic acids is 2. The second kappa shape index (κ2) is 10.4. The SMILES string of the molecule is CCC(=O)N1CCC2CCCC(CN(C(=O)C3CC3)Cc3ccccc31)N2CCC(C)C. The lowest BCUT2D eigenvalue weighted by Gasteiger charge is -2.44. The summed E-state index contributed by atoms with van der Waals surface area (Å²) in [7, 11) is 0. The van der Waals surface area contributed by atoms with Gasteiger partial charge < -0.3 is 9.80 Å². The van der Waals surface area contributed by atoms with Gasteiger partial charge in [0.25, 0.3) is 0 Å². The number of fused-ring (bicyclic) bond motifs is 3. The van der Waals surface area contributed by atoms with Crippen LogP contribution in [0.5, 0.6) is 0 Å². The molecule has 32 heavy (non-hydrogen) atoms. The first-order valence-electron chi connectivity index (χ1n) is 12.9. The van der Waals surface area contributed by atoms with E-state index >= 15 is 0 Å². The summed E-state index contributed by atoms with van der Waals surface area (Å²) in [5.41, 5.74) is 2.10. The first kappa shape index (κ1) is 23.3. The molecule has 2 bridgehead atoms. The minimum Gasteiger partial charge on any atom is -0.336 e. The number of anilines is 1. The molecule has 0 aromatic heterocycles. The lowest BCUT2D eigenvalue weighted by atomic mass is 9.92. The minimum atomic E-state index is 0.179. The number of para-hydroxylation sites is 1. The molecular weight excluding hydrogens is 398 g/mol. The Bertz CT molecular complexity index is 804. The van der Waals surface area contributed by atoms with E-state index in [1.54, 1.807) is 0 Å². The number of carbonyl (C=O) groups is 2. The Morgan fingerprint density at radius 3 is 2.50 bits per heavy atom. The summed E-state index contributed by atoms with van der Waals surface area (Å²) in [6.45, 7) is 9.82. The molecule has 2 heterocycles. The number of amides is 2. The average Bonchev–Trinajstić information content (AvgIpc) is 3.63. The zero-order valence-corrected chi connectivity index (χ0v) is 20.3. The Kier molecular flexibility index (Phi) is 7.55. The minimum absolute atomic E-state index is 0.179. The summed E-state index contributed by atoms with van der Waals surface area (Å²) >= 11 is 0. The maximum absolute atomic E-state index is 13.4. The van der Waals surface area contributed by atoms with Gasteiger partial charge in [-0.15, -0.1) is 0 Å². The highest BCUT2D eigenvalue weighted by Crippen LogP contribution is 2.35. The van der Waals surface area contributed by atoms with Gasteiger partial charge in [-0.1, -0.05) is 45.4 Å². The molecule has 5 nitrogen and oxygen atoms in total. The number of hydrogen-bond acceptors (Lipinski definition) is 3. The smallest absolute Gasteiger partial charge is 0.226 e. The van der Waals surface area contributed by atoms with Crippen molar-refractivity contribution >= 4 is 17.5 Å². The zero-order valence-electron chi connectivity index (χ0n) is 20.3. The molecule has 1 aromatic rings. The van der Waals surface area contributed by atoms with Crippen molar-refractivity contribution in [1.29, 1.82) is 0 Å². The summed E-state index contributed by atoms with van der Waals surface area (Å²) in [5, 5.41) is 0. The normalized spacial score (nSPS) is 24.8. The van der Waals surface area contributed by atoms with Crippen molar-refractivity contribution in [1.82, 2.24) is 9.80 Å². The largest absolute Gasteiger partial charge is 0.336 e. The fourth-order valence-electron chi connectivity index (χ4n) is 5.53. The molecule has 176 valence electrons. The van der Waals surface area contributed by atoms with Crippen LogP contribution in [-0.4, -0.2) is 53.3 Å². The van der Waals surface area contributed by atoms with Gasteiger partial charge in [0.1, 0.15) is 0 Å². The van der Waals surface area contributed by atoms with Crippen molar-refractivity contribution in [2.75, 3.05) is 24.5 Å². The topological polar surface area (TPSA) is 43.9 Å². The number of rotatable bonds is 5. The lowest BCUT2D eigenvalue weighted by Crippen LogP contribution is -2.53. The van der Waals surface area contributed by atoms with Crippen LogP contribution in [0.3, 0.4) is 0 Å². The molecule has 2 aliphatic heterocycles. The molecule has 0 radical (unpaired) electrons. The van der Waals surface area contributed by atoms with Crippen LogP contribution in [0.1, 0.15) is 77.7 Å². The van der Waals surface area contributed by atoms with Crippen LogP contribution in [0, 0.1) is 11.8 Å². The van der Waals surface area contributed by atoms with Crippen LogP contribution >= 0.6 is 0 Å². The van der Waals surface area contributed by atoms with Crippen LogP contribution < -0.4 is 4.90 Å². The predicted molar refractivity (Wildman–Crippen MR) is 129 cm³/mol. The van der Waals surface area contributed by atoms with Crippen molar-refractivity contribution in [3.05, 3.63) is 29.8 Å². The quantitative estimate of drug-likeness (QED) is 0.659. The van der Waals surface area contributed by atoms with E-state index in [1.807, 2.05) is 24.0 Å². The van der Waals surface area contributed by atoms with Crippen molar-refractivity contribution < 1.29 is 9.59 Å². The van der Waals surface area contributed by atoms with E-state index in [9.17, 15) is 9.59 Å². The Hall–Kier alpha value is -1.88. The lowest BCUT2D eigenvalue weighted by molar-refractivity contribution is -0.134. The van der Waals surface area contributed by atoms with Gasteiger partial charge in [0.15, 0.2) is 0 Å². The van der Waals surface area contributed by atoms with E-state index in [0.29, 0.717) is 36.9 Å². The Morgan fingerprint density at radius 1 is 1.03 bits per heavy atom. The van der Waals surface area contributed by atoms with Gasteiger partial charge in [0, 0.05) is 49.7 Å². The van der Waals surface area contributed by atoms with Gasteiger partial charge in [-0.2, -0.15) is 0 Å². The van der Waals surface area contributed by atoms with Crippen LogP contribution in [0.4, 0.5) is 5.69 Å². The van der Waals surface area contributed by atoms with Crippen molar-refractivity contribution in [2.24, 2.45) is 11.8 Å². The zero-order chi connectivity index (χ0) is 22.7. The van der Waals surface area contributed by atoms with Gasteiger partial charge in [0.05, 0.1) is 0 Å². The van der Waals surface area contributed by atoms with Crippen LogP contribution in [0.2, 0.25) is 0 Å². The number of hydrogen-bond donors (Lipinski definition) is 0. The molecule has 1 saturated carbocycles. The second-order valence-electron chi connectivity index (χ2n) is 10.5. The number of benzene rings is 1. The molecule has 1 aromatic carbocycles. The molecule has 2 amide bonds. The fourth-order valence-corrected chi connectivity index (χ4v) is 5.53. The fraction of sp³-hybridized carbons (Fsp3) is 0.704. The number of piperidine rings is 1. The highest BCUT2D eigenvalue weighted by molar-refractivity contribution is 5.94. The summed E-state index contributed by atoms with van der Waals surface area (Å²) in [6, 6.07) is 9.16. The molecule has 2 unspecified atom stereocenters. The van der Waals surface area contributed by atoms with E-state index in [0.717, 1.165) is 50.1 Å². The standard InChI is InChI=1S/C27H41N3O2/c1-4-26(31)30-17-15-23-9-7-10-24(29(23)16-14-20(2)3)19-28(27(32)21-12-13-21)18-22-8-5-6-11-25(22)30/h5-6,8,11,20-21,23-24H,4,7,9-10,12-19H2,1-3H3. The predicted octanol–water partition coefficient (Wildman–Crippen LogP) is 4.84. The Labute approximate surface area is 194 Å². The third-order valence-corrected chi connectivity index (χ3v) is 7.58. The van der Waals surface area contributed by atoms with E-state index in [1.165, 1.54) is 25.7 Å². The molecule has 5 heteroatoms. The molecule has 2 atom stereocenters. The highest BCUT2D eigenvalue weighted by Gasteiger charge is 2.38. The highest BCUT2D eigenvalue weighted by atomic mass is 16.2. The summed E-state index contributed by atoms with van der Waals surface area (Å²) in [5.74, 6) is 1.38. The molecular formula is C27H41N3O2. The Balaban J connectivity index is 1.70. The van der Waals surface area contributed by atoms with Gasteiger partial charge in [-0.3, -0.25) is 14.5 Å². The summed E-state index contributed by atoms with van der Waals surface area (Å²) in [4.78, 5) is 33.2. The Morgan fingerprint density at radius 2 is 1.78 bits per heavy atom. The van der Waals surface area contributed by atoms with E-state index in [-0.39, 0.29) is 11.8 Å². The first-order valence-corrected chi connectivity index (χ1v) is 12.9. The maximum Gasteiger partial charge on any atom is 0.226 e. The maximum atomic E-state index is 13.4. The molecule has 1 aliphatic carbocycles. The molecule has 3 aliphatic rings. The molecule has 4 rings (SSSR count). The summed E-state index contributed by atoms with van der Waals surface area (Å²) < 4.78 is 0. The van der Waals surface area contributed by atoms with Crippen molar-refractivity contribution in [3.8, 4) is 0 Å². The summed E-state index contributed by atoms with van der Waals surface area (Å²) in [6.07, 6.45) is 8.33. The molecule has 1 saturated heterocycles. The van der Waals surface area contributed by atoms with E-state index in [4.69, 9.17) is 0 Å². The van der Waals surface area contributed by atoms with Gasteiger partial charge in [-0.25, -0.2) is 0 Å². The van der Waals surface area contributed by atoms with Gasteiger partial charge in [-0.05, 0) is 62.6 Å². The number of nitrogens with zero attached hydrogens (tertiary/aromatic N) is 3. The molecule has 0 spiro atoms. The van der Waals surface area contributed by atoms with Gasteiger partial charge >= 0.3 is 0 Å². The average molecular weight is 440 g/mol. The van der Waals surface area contributed by atoms with Crippen molar-refractivity contribution in [3.63, 3.8) is 0 Å². The molecule has 0 N–H and O–H groups in total. The van der Waals surface area contributed by atoms with Crippen LogP contribution in [0.15, 0.2) is 24.3 Å². The van der Waals surface area contributed by atoms with Crippen molar-refractivity contribution in [2.45, 2.75) is 90.8 Å².